The molecule has 1 unspecified atom stereocenters. The van der Waals surface area contributed by atoms with E-state index in [9.17, 15) is 4.79 Å². The highest BCUT2D eigenvalue weighted by Crippen LogP contribution is 2.27. The number of rotatable bonds is 8. The highest BCUT2D eigenvalue weighted by molar-refractivity contribution is 5.87. The normalized spacial score (nSPS) is 13.8. The molecule has 1 aromatic carbocycles. The second-order valence-corrected chi connectivity index (χ2v) is 6.83. The van der Waals surface area contributed by atoms with E-state index in [2.05, 4.69) is 45.7 Å². The fraction of sp³-hybridized carbons (Fsp3) is 0.526. The number of nitrogens with one attached hydrogen (secondary N) is 1. The van der Waals surface area contributed by atoms with Crippen LogP contribution in [0.15, 0.2) is 36.9 Å². The summed E-state index contributed by atoms with van der Waals surface area (Å²) in [6.45, 7) is 14.6. The van der Waals surface area contributed by atoms with Gasteiger partial charge in [0, 0.05) is 0 Å². The number of carbonyl (C=O) groups excluding carboxylic acids is 1. The molecule has 0 aliphatic heterocycles. The Morgan fingerprint density at radius 1 is 1.32 bits per heavy atom. The molecular weight excluding hydrogens is 274 g/mol. The van der Waals surface area contributed by atoms with Crippen molar-refractivity contribution in [2.45, 2.75) is 52.5 Å². The zero-order chi connectivity index (χ0) is 16.8. The first-order valence-electron chi connectivity index (χ1n) is 7.93. The van der Waals surface area contributed by atoms with E-state index in [1.807, 2.05) is 25.1 Å². The third kappa shape index (κ3) is 5.55. The topological polar surface area (TPSA) is 38.3 Å². The number of benzene rings is 1. The van der Waals surface area contributed by atoms with E-state index in [1.54, 1.807) is 0 Å². The van der Waals surface area contributed by atoms with Crippen LogP contribution in [0.4, 0.5) is 0 Å². The molecule has 3 heteroatoms. The summed E-state index contributed by atoms with van der Waals surface area (Å²) < 4.78 is 6.06. The van der Waals surface area contributed by atoms with Gasteiger partial charge in [0.05, 0.1) is 5.54 Å². The summed E-state index contributed by atoms with van der Waals surface area (Å²) in [4.78, 5) is 11.7. The Morgan fingerprint density at radius 2 is 1.95 bits per heavy atom. The van der Waals surface area contributed by atoms with Gasteiger partial charge in [-0.15, -0.1) is 0 Å². The van der Waals surface area contributed by atoms with E-state index in [1.165, 1.54) is 11.6 Å². The van der Waals surface area contributed by atoms with Crippen LogP contribution in [-0.4, -0.2) is 18.1 Å². The molecule has 3 nitrogen and oxygen atoms in total. The predicted molar refractivity (Wildman–Crippen MR) is 92.2 cm³/mol. The summed E-state index contributed by atoms with van der Waals surface area (Å²) in [5.74, 6) is 1.58. The largest absolute Gasteiger partial charge is 0.491 e. The van der Waals surface area contributed by atoms with Crippen LogP contribution >= 0.6 is 0 Å². The van der Waals surface area contributed by atoms with Crippen LogP contribution in [-0.2, 0) is 4.79 Å². The standard InChI is InChI=1S/C19H29NO2/c1-7-18(21)20-19(6,12-14(2)3)13-22-17-11-9-8-10-16(17)15(4)5/h7-11,14-15H,1,12-13H2,2-6H3,(H,20,21). The smallest absolute Gasteiger partial charge is 0.243 e. The van der Waals surface area contributed by atoms with E-state index in [-0.39, 0.29) is 5.91 Å². The van der Waals surface area contributed by atoms with Gasteiger partial charge in [-0.25, -0.2) is 0 Å². The molecule has 1 aromatic rings. The molecule has 0 radical (unpaired) electrons. The maximum Gasteiger partial charge on any atom is 0.243 e. The first kappa shape index (κ1) is 18.3. The van der Waals surface area contributed by atoms with Gasteiger partial charge < -0.3 is 10.1 Å². The lowest BCUT2D eigenvalue weighted by Gasteiger charge is -2.32. The molecule has 22 heavy (non-hydrogen) atoms. The Kier molecular flexibility index (Phi) is 6.66. The summed E-state index contributed by atoms with van der Waals surface area (Å²) in [6, 6.07) is 8.07. The van der Waals surface area contributed by atoms with Crippen molar-refractivity contribution in [2.24, 2.45) is 5.92 Å². The van der Waals surface area contributed by atoms with Gasteiger partial charge in [-0.1, -0.05) is 52.5 Å². The highest BCUT2D eigenvalue weighted by atomic mass is 16.5. The average Bonchev–Trinajstić information content (AvgIpc) is 2.44. The molecule has 1 N–H and O–H groups in total. The van der Waals surface area contributed by atoms with Gasteiger partial charge in [0.15, 0.2) is 0 Å². The summed E-state index contributed by atoms with van der Waals surface area (Å²) in [5.41, 5.74) is 0.772. The molecule has 0 spiro atoms. The van der Waals surface area contributed by atoms with E-state index >= 15 is 0 Å². The first-order valence-corrected chi connectivity index (χ1v) is 7.93. The van der Waals surface area contributed by atoms with Crippen molar-refractivity contribution < 1.29 is 9.53 Å². The molecule has 0 aliphatic carbocycles. The molecule has 122 valence electrons. The van der Waals surface area contributed by atoms with Crippen LogP contribution in [0.1, 0.15) is 52.5 Å². The Hall–Kier alpha value is -1.77. The first-order chi connectivity index (χ1) is 10.3. The monoisotopic (exact) mass is 303 g/mol. The average molecular weight is 303 g/mol. The van der Waals surface area contributed by atoms with Gasteiger partial charge in [-0.3, -0.25) is 4.79 Å². The lowest BCUT2D eigenvalue weighted by atomic mass is 9.91. The van der Waals surface area contributed by atoms with Crippen molar-refractivity contribution in [1.29, 1.82) is 0 Å². The quantitative estimate of drug-likeness (QED) is 0.727. The zero-order valence-electron chi connectivity index (χ0n) is 14.5. The number of hydrogen-bond acceptors (Lipinski definition) is 2. The number of ether oxygens (including phenoxy) is 1. The molecule has 1 rings (SSSR count). The van der Waals surface area contributed by atoms with Crippen LogP contribution in [0, 0.1) is 5.92 Å². The maximum absolute atomic E-state index is 11.7. The molecule has 0 saturated carbocycles. The van der Waals surface area contributed by atoms with Crippen LogP contribution in [0.3, 0.4) is 0 Å². The Labute approximate surface area is 134 Å². The second kappa shape index (κ2) is 8.02. The summed E-state index contributed by atoms with van der Waals surface area (Å²) in [7, 11) is 0. The summed E-state index contributed by atoms with van der Waals surface area (Å²) >= 11 is 0. The Bertz CT molecular complexity index is 508. The third-order valence-electron chi connectivity index (χ3n) is 3.56. The van der Waals surface area contributed by atoms with Crippen molar-refractivity contribution in [3.63, 3.8) is 0 Å². The summed E-state index contributed by atoms with van der Waals surface area (Å²) in [6.07, 6.45) is 2.15. The minimum absolute atomic E-state index is 0.163. The third-order valence-corrected chi connectivity index (χ3v) is 3.56. The fourth-order valence-corrected chi connectivity index (χ4v) is 2.72. The van der Waals surface area contributed by atoms with Gasteiger partial charge in [-0.2, -0.15) is 0 Å². The molecule has 1 amide bonds. The van der Waals surface area contributed by atoms with E-state index in [4.69, 9.17) is 4.74 Å². The predicted octanol–water partition coefficient (Wildman–Crippen LogP) is 4.30. The molecule has 0 fully saturated rings. The minimum atomic E-state index is -0.413. The fourth-order valence-electron chi connectivity index (χ4n) is 2.72. The Balaban J connectivity index is 2.87. The van der Waals surface area contributed by atoms with E-state index in [0.717, 1.165) is 12.2 Å². The Morgan fingerprint density at radius 3 is 2.50 bits per heavy atom. The van der Waals surface area contributed by atoms with Crippen LogP contribution in [0.2, 0.25) is 0 Å². The SMILES string of the molecule is C=CC(=O)NC(C)(COc1ccccc1C(C)C)CC(C)C. The number of amides is 1. The van der Waals surface area contributed by atoms with Crippen molar-refractivity contribution in [1.82, 2.24) is 5.32 Å². The van der Waals surface area contributed by atoms with Crippen molar-refractivity contribution in [3.05, 3.63) is 42.5 Å². The molecule has 0 aliphatic rings. The molecule has 0 saturated heterocycles. The van der Waals surface area contributed by atoms with Crippen molar-refractivity contribution in [2.75, 3.05) is 6.61 Å². The van der Waals surface area contributed by atoms with E-state index < -0.39 is 5.54 Å². The molecule has 0 heterocycles. The van der Waals surface area contributed by atoms with Gasteiger partial charge in [-0.05, 0) is 42.9 Å². The van der Waals surface area contributed by atoms with E-state index in [0.29, 0.717) is 18.4 Å². The van der Waals surface area contributed by atoms with Gasteiger partial charge in [0.2, 0.25) is 5.91 Å². The van der Waals surface area contributed by atoms with Crippen molar-refractivity contribution >= 4 is 5.91 Å². The number of hydrogen-bond donors (Lipinski definition) is 1. The van der Waals surface area contributed by atoms with Gasteiger partial charge in [0.1, 0.15) is 12.4 Å². The maximum atomic E-state index is 11.7. The minimum Gasteiger partial charge on any atom is -0.491 e. The molecular formula is C19H29NO2. The lowest BCUT2D eigenvalue weighted by molar-refractivity contribution is -0.118. The second-order valence-electron chi connectivity index (χ2n) is 6.83. The summed E-state index contributed by atoms with van der Waals surface area (Å²) in [5, 5.41) is 3.01. The van der Waals surface area contributed by atoms with Crippen LogP contribution in [0.25, 0.3) is 0 Å². The zero-order valence-corrected chi connectivity index (χ0v) is 14.5. The van der Waals surface area contributed by atoms with Crippen molar-refractivity contribution in [3.8, 4) is 5.75 Å². The number of para-hydroxylation sites is 1. The highest BCUT2D eigenvalue weighted by Gasteiger charge is 2.28. The molecule has 0 aromatic heterocycles. The van der Waals surface area contributed by atoms with Crippen LogP contribution < -0.4 is 10.1 Å². The van der Waals surface area contributed by atoms with Gasteiger partial charge >= 0.3 is 0 Å². The molecule has 0 bridgehead atoms. The molecule has 1 atom stereocenters. The lowest BCUT2D eigenvalue weighted by Crippen LogP contribution is -2.50. The number of carbonyl (C=O) groups is 1. The van der Waals surface area contributed by atoms with Crippen LogP contribution in [0.5, 0.6) is 5.75 Å². The van der Waals surface area contributed by atoms with Gasteiger partial charge in [0.25, 0.3) is 0 Å².